The Balaban J connectivity index is 2.20. The third-order valence-electron chi connectivity index (χ3n) is 2.89. The summed E-state index contributed by atoms with van der Waals surface area (Å²) in [4.78, 5) is -0.417. The van der Waals surface area contributed by atoms with Crippen LogP contribution in [-0.2, 0) is 26.5 Å². The molecular formula is C13H16N2O5S2. The molecule has 0 saturated carbocycles. The molecule has 0 radical (unpaired) electrons. The van der Waals surface area contributed by atoms with Crippen LogP contribution in [0.5, 0.6) is 0 Å². The molecule has 1 atom stereocenters. The fraction of sp³-hybridized carbons (Fsp3) is 0.231. The average Bonchev–Trinajstić information content (AvgIpc) is 2.90. The molecule has 0 aliphatic heterocycles. The third-order valence-corrected chi connectivity index (χ3v) is 5.39. The van der Waals surface area contributed by atoms with Crippen LogP contribution in [0.2, 0.25) is 0 Å². The lowest BCUT2D eigenvalue weighted by molar-refractivity contribution is 0.479. The molecule has 2 aromatic rings. The fourth-order valence-corrected chi connectivity index (χ4v) is 3.85. The molecule has 0 spiro atoms. The van der Waals surface area contributed by atoms with Crippen LogP contribution in [0.15, 0.2) is 56.9 Å². The number of benzene rings is 1. The van der Waals surface area contributed by atoms with E-state index in [2.05, 4.69) is 4.72 Å². The monoisotopic (exact) mass is 344 g/mol. The van der Waals surface area contributed by atoms with Crippen LogP contribution in [0, 0.1) is 0 Å². The first-order chi connectivity index (χ1) is 10.2. The molecule has 0 fully saturated rings. The second-order valence-electron chi connectivity index (χ2n) is 4.83. The van der Waals surface area contributed by atoms with Gasteiger partial charge in [0.05, 0.1) is 16.1 Å². The van der Waals surface area contributed by atoms with Gasteiger partial charge in [-0.2, -0.15) is 0 Å². The molecule has 2 rings (SSSR count). The van der Waals surface area contributed by atoms with E-state index in [4.69, 9.17) is 9.56 Å². The van der Waals surface area contributed by atoms with Crippen molar-refractivity contribution >= 4 is 20.0 Å². The number of furan rings is 1. The number of rotatable bonds is 6. The molecule has 0 unspecified atom stereocenters. The van der Waals surface area contributed by atoms with E-state index in [0.29, 0.717) is 12.2 Å². The van der Waals surface area contributed by atoms with Gasteiger partial charge in [-0.05, 0) is 37.3 Å². The Bertz CT molecular complexity index is 842. The van der Waals surface area contributed by atoms with Gasteiger partial charge in [0.25, 0.3) is 0 Å². The molecule has 0 bridgehead atoms. The van der Waals surface area contributed by atoms with E-state index in [1.54, 1.807) is 19.1 Å². The summed E-state index contributed by atoms with van der Waals surface area (Å²) >= 11 is 0. The molecule has 0 aliphatic rings. The minimum atomic E-state index is -3.96. The van der Waals surface area contributed by atoms with Crippen molar-refractivity contribution in [3.63, 3.8) is 0 Å². The molecule has 0 amide bonds. The van der Waals surface area contributed by atoms with Gasteiger partial charge in [0, 0.05) is 12.5 Å². The highest BCUT2D eigenvalue weighted by Crippen LogP contribution is 2.15. The van der Waals surface area contributed by atoms with Gasteiger partial charge in [-0.15, -0.1) is 0 Å². The van der Waals surface area contributed by atoms with Gasteiger partial charge in [-0.3, -0.25) is 0 Å². The van der Waals surface area contributed by atoms with Crippen molar-refractivity contribution in [1.82, 2.24) is 4.72 Å². The van der Waals surface area contributed by atoms with Crippen LogP contribution in [0.3, 0.4) is 0 Å². The van der Waals surface area contributed by atoms with E-state index in [1.807, 2.05) is 0 Å². The van der Waals surface area contributed by atoms with Gasteiger partial charge < -0.3 is 4.42 Å². The van der Waals surface area contributed by atoms with Crippen molar-refractivity contribution in [1.29, 1.82) is 0 Å². The van der Waals surface area contributed by atoms with Crippen LogP contribution in [0.1, 0.15) is 12.7 Å². The topological polar surface area (TPSA) is 119 Å². The van der Waals surface area contributed by atoms with Gasteiger partial charge in [0.15, 0.2) is 0 Å². The van der Waals surface area contributed by atoms with Crippen molar-refractivity contribution in [2.75, 3.05) is 0 Å². The Morgan fingerprint density at radius 1 is 1.14 bits per heavy atom. The van der Waals surface area contributed by atoms with Crippen LogP contribution in [0.25, 0.3) is 0 Å². The normalized spacial score (nSPS) is 13.9. The molecule has 120 valence electrons. The number of sulfonamides is 2. The number of primary sulfonamides is 1. The summed E-state index contributed by atoms with van der Waals surface area (Å²) in [5.74, 6) is 0.647. The van der Waals surface area contributed by atoms with Crippen LogP contribution in [-0.4, -0.2) is 22.9 Å². The molecule has 22 heavy (non-hydrogen) atoms. The zero-order valence-corrected chi connectivity index (χ0v) is 13.4. The summed E-state index contributed by atoms with van der Waals surface area (Å²) < 4.78 is 54.8. The van der Waals surface area contributed by atoms with Crippen LogP contribution >= 0.6 is 0 Å². The van der Waals surface area contributed by atoms with E-state index < -0.39 is 26.1 Å². The van der Waals surface area contributed by atoms with Gasteiger partial charge in [-0.1, -0.05) is 6.07 Å². The second-order valence-corrected chi connectivity index (χ2v) is 8.10. The van der Waals surface area contributed by atoms with Crippen LogP contribution < -0.4 is 9.86 Å². The second kappa shape index (κ2) is 6.21. The van der Waals surface area contributed by atoms with Crippen molar-refractivity contribution in [2.45, 2.75) is 29.2 Å². The quantitative estimate of drug-likeness (QED) is 0.804. The highest BCUT2D eigenvalue weighted by atomic mass is 32.2. The van der Waals surface area contributed by atoms with Crippen molar-refractivity contribution < 1.29 is 21.3 Å². The highest BCUT2D eigenvalue weighted by Gasteiger charge is 2.20. The number of hydrogen-bond acceptors (Lipinski definition) is 5. The number of nitrogens with two attached hydrogens (primary N) is 1. The fourth-order valence-electron chi connectivity index (χ4n) is 1.92. The largest absolute Gasteiger partial charge is 0.469 e. The van der Waals surface area contributed by atoms with Crippen molar-refractivity contribution in [2.24, 2.45) is 5.14 Å². The molecule has 7 nitrogen and oxygen atoms in total. The van der Waals surface area contributed by atoms with Crippen molar-refractivity contribution in [3.8, 4) is 0 Å². The Labute approximate surface area is 129 Å². The number of nitrogens with one attached hydrogen (secondary N) is 1. The average molecular weight is 344 g/mol. The van der Waals surface area contributed by atoms with Gasteiger partial charge in [0.2, 0.25) is 20.0 Å². The predicted octanol–water partition coefficient (Wildman–Crippen LogP) is 0.837. The van der Waals surface area contributed by atoms with E-state index >= 15 is 0 Å². The molecular weight excluding hydrogens is 328 g/mol. The summed E-state index contributed by atoms with van der Waals surface area (Å²) in [5, 5.41) is 5.01. The Kier molecular flexibility index (Phi) is 4.71. The summed E-state index contributed by atoms with van der Waals surface area (Å²) in [6, 6.07) is 7.92. The molecule has 0 aliphatic carbocycles. The summed E-state index contributed by atoms with van der Waals surface area (Å²) in [6.45, 7) is 1.68. The first-order valence-corrected chi connectivity index (χ1v) is 9.39. The molecule has 0 saturated heterocycles. The highest BCUT2D eigenvalue weighted by molar-refractivity contribution is 7.90. The minimum Gasteiger partial charge on any atom is -0.469 e. The Hall–Kier alpha value is -1.68. The molecule has 1 aromatic heterocycles. The summed E-state index contributed by atoms with van der Waals surface area (Å²) in [5.41, 5.74) is 0. The molecule has 1 aromatic carbocycles. The lowest BCUT2D eigenvalue weighted by Gasteiger charge is -2.13. The van der Waals surface area contributed by atoms with E-state index in [0.717, 1.165) is 6.07 Å². The Morgan fingerprint density at radius 2 is 1.82 bits per heavy atom. The molecule has 1 heterocycles. The zero-order chi connectivity index (χ0) is 16.4. The standard InChI is InChI=1S/C13H16N2O5S2/c1-10(8-11-4-3-7-20-11)15-22(18,19)13-6-2-5-12(9-13)21(14,16)17/h2-7,9-10,15H,8H2,1H3,(H2,14,16,17)/t10-/m0/s1. The van der Waals surface area contributed by atoms with Crippen LogP contribution in [0.4, 0.5) is 0 Å². The maximum atomic E-state index is 12.3. The van der Waals surface area contributed by atoms with Gasteiger partial charge in [-0.25, -0.2) is 26.7 Å². The van der Waals surface area contributed by atoms with Gasteiger partial charge in [0.1, 0.15) is 5.76 Å². The SMILES string of the molecule is C[C@@H](Cc1ccco1)NS(=O)(=O)c1cccc(S(N)(=O)=O)c1. The third kappa shape index (κ3) is 4.17. The van der Waals surface area contributed by atoms with E-state index in [-0.39, 0.29) is 9.79 Å². The van der Waals surface area contributed by atoms with E-state index in [1.165, 1.54) is 24.5 Å². The van der Waals surface area contributed by atoms with Gasteiger partial charge >= 0.3 is 0 Å². The number of hydrogen-bond donors (Lipinski definition) is 2. The maximum absolute atomic E-state index is 12.3. The predicted molar refractivity (Wildman–Crippen MR) is 80.0 cm³/mol. The summed E-state index contributed by atoms with van der Waals surface area (Å²) in [7, 11) is -7.82. The summed E-state index contributed by atoms with van der Waals surface area (Å²) in [6.07, 6.45) is 1.88. The van der Waals surface area contributed by atoms with E-state index in [9.17, 15) is 16.8 Å². The Morgan fingerprint density at radius 3 is 2.41 bits per heavy atom. The molecule has 9 heteroatoms. The smallest absolute Gasteiger partial charge is 0.240 e. The molecule has 3 N–H and O–H groups in total. The zero-order valence-electron chi connectivity index (χ0n) is 11.8. The first-order valence-electron chi connectivity index (χ1n) is 6.36. The lowest BCUT2D eigenvalue weighted by atomic mass is 10.2. The first kappa shape index (κ1) is 16.7. The maximum Gasteiger partial charge on any atom is 0.240 e. The lowest BCUT2D eigenvalue weighted by Crippen LogP contribution is -2.34. The minimum absolute atomic E-state index is 0.162. The van der Waals surface area contributed by atoms with Crippen molar-refractivity contribution in [3.05, 3.63) is 48.4 Å².